The van der Waals surface area contributed by atoms with Crippen LogP contribution in [0.2, 0.25) is 0 Å². The largest absolute Gasteiger partial charge is 0.488 e. The summed E-state index contributed by atoms with van der Waals surface area (Å²) in [6.45, 7) is 4.26. The molecule has 0 radical (unpaired) electrons. The van der Waals surface area contributed by atoms with E-state index in [1.807, 2.05) is 32.0 Å². The van der Waals surface area contributed by atoms with Crippen LogP contribution in [0.5, 0.6) is 11.6 Å². The van der Waals surface area contributed by atoms with E-state index in [-0.39, 0.29) is 24.3 Å². The van der Waals surface area contributed by atoms with E-state index in [2.05, 4.69) is 16.0 Å². The predicted molar refractivity (Wildman–Crippen MR) is 129 cm³/mol. The molecule has 2 unspecified atom stereocenters. The van der Waals surface area contributed by atoms with Gasteiger partial charge in [0.25, 0.3) is 0 Å². The Hall–Kier alpha value is -3.96. The van der Waals surface area contributed by atoms with Crippen molar-refractivity contribution in [1.82, 2.24) is 14.4 Å². The molecule has 1 fully saturated rings. The Bertz CT molecular complexity index is 1560. The first-order valence-electron chi connectivity index (χ1n) is 11.9. The van der Waals surface area contributed by atoms with Gasteiger partial charge >= 0.3 is 0 Å². The van der Waals surface area contributed by atoms with Gasteiger partial charge in [-0.25, -0.2) is 9.37 Å². The lowest BCUT2D eigenvalue weighted by Gasteiger charge is -2.20. The van der Waals surface area contributed by atoms with Crippen molar-refractivity contribution in [2.24, 2.45) is 5.92 Å². The molecule has 1 saturated carbocycles. The van der Waals surface area contributed by atoms with Crippen molar-refractivity contribution >= 4 is 5.78 Å². The van der Waals surface area contributed by atoms with Crippen LogP contribution in [0.4, 0.5) is 4.39 Å². The number of ether oxygens (including phenoxy) is 2. The Labute approximate surface area is 207 Å². The lowest BCUT2D eigenvalue weighted by molar-refractivity contribution is 0.212. The minimum atomic E-state index is -0.970. The lowest BCUT2D eigenvalue weighted by atomic mass is 9.82. The molecule has 36 heavy (non-hydrogen) atoms. The van der Waals surface area contributed by atoms with Crippen LogP contribution in [-0.4, -0.2) is 26.6 Å². The summed E-state index contributed by atoms with van der Waals surface area (Å²) in [5, 5.41) is 21.4. The van der Waals surface area contributed by atoms with Crippen LogP contribution in [0.25, 0.3) is 5.78 Å². The third-order valence-corrected chi connectivity index (χ3v) is 7.40. The zero-order valence-electron chi connectivity index (χ0n) is 20.2. The number of nitriles is 1. The second-order valence-corrected chi connectivity index (χ2v) is 9.78. The van der Waals surface area contributed by atoms with Crippen LogP contribution in [0.1, 0.15) is 65.9 Å². The van der Waals surface area contributed by atoms with E-state index in [1.165, 1.54) is 12.1 Å². The highest BCUT2D eigenvalue weighted by atomic mass is 19.1. The number of fused-ring (bicyclic) bond motifs is 5. The molecule has 182 valence electrons. The van der Waals surface area contributed by atoms with E-state index >= 15 is 0 Å². The second kappa shape index (κ2) is 8.04. The molecule has 0 bridgehead atoms. The number of methoxy groups -OCH3 is 1. The van der Waals surface area contributed by atoms with Crippen molar-refractivity contribution in [2.75, 3.05) is 7.11 Å². The van der Waals surface area contributed by atoms with Gasteiger partial charge in [-0.3, -0.25) is 4.40 Å². The molecular weight excluding hydrogens is 459 g/mol. The highest BCUT2D eigenvalue weighted by molar-refractivity contribution is 5.59. The predicted octanol–water partition coefficient (Wildman–Crippen LogP) is 4.80. The monoisotopic (exact) mass is 484 g/mol. The van der Waals surface area contributed by atoms with Crippen molar-refractivity contribution in [3.8, 4) is 17.7 Å². The maximum Gasteiger partial charge on any atom is 0.237 e. The molecule has 1 aliphatic carbocycles. The van der Waals surface area contributed by atoms with Gasteiger partial charge in [0, 0.05) is 29.3 Å². The third-order valence-electron chi connectivity index (χ3n) is 7.40. The molecule has 6 rings (SSSR count). The van der Waals surface area contributed by atoms with E-state index in [0.717, 1.165) is 22.4 Å². The first kappa shape index (κ1) is 22.5. The average Bonchev–Trinajstić information content (AvgIpc) is 3.52. The molecule has 1 aliphatic heterocycles. The van der Waals surface area contributed by atoms with Crippen LogP contribution in [0.15, 0.2) is 48.7 Å². The summed E-state index contributed by atoms with van der Waals surface area (Å²) in [5.41, 5.74) is 4.25. The number of hydrogen-bond acceptors (Lipinski definition) is 6. The summed E-state index contributed by atoms with van der Waals surface area (Å²) >= 11 is 0. The number of aliphatic hydroxyl groups excluding tert-OH is 1. The van der Waals surface area contributed by atoms with Crippen molar-refractivity contribution in [2.45, 2.75) is 44.3 Å². The molecule has 3 atom stereocenters. The summed E-state index contributed by atoms with van der Waals surface area (Å²) in [6.07, 6.45) is 1.48. The van der Waals surface area contributed by atoms with E-state index in [1.54, 1.807) is 29.8 Å². The summed E-state index contributed by atoms with van der Waals surface area (Å²) in [5.74, 6) is 0.835. The number of aromatic nitrogens is 3. The molecule has 3 heterocycles. The van der Waals surface area contributed by atoms with Gasteiger partial charge < -0.3 is 14.6 Å². The number of nitrogens with zero attached hydrogens (tertiary/aromatic N) is 4. The average molecular weight is 485 g/mol. The highest BCUT2D eigenvalue weighted by Crippen LogP contribution is 2.62. The fraction of sp³-hybridized carbons (Fsp3) is 0.321. The molecule has 1 N–H and O–H groups in total. The van der Waals surface area contributed by atoms with Crippen LogP contribution >= 0.6 is 0 Å². The molecule has 0 saturated heterocycles. The zero-order chi connectivity index (χ0) is 25.2. The topological polar surface area (TPSA) is 92.7 Å². The van der Waals surface area contributed by atoms with Gasteiger partial charge in [0.05, 0.1) is 30.5 Å². The molecule has 4 aromatic rings. The van der Waals surface area contributed by atoms with E-state index < -0.39 is 11.5 Å². The smallest absolute Gasteiger partial charge is 0.237 e. The Balaban J connectivity index is 1.47. The lowest BCUT2D eigenvalue weighted by Crippen LogP contribution is -2.14. The van der Waals surface area contributed by atoms with E-state index in [9.17, 15) is 14.8 Å². The van der Waals surface area contributed by atoms with Crippen molar-refractivity contribution < 1.29 is 19.0 Å². The molecule has 2 aromatic heterocycles. The standard InChI is InChI=1S/C28H25FN4O3/c1-15(2)24-25(33-9-8-23(35-3)31-27(33)32-24)26(34)16-4-6-20-17(10-16)14-36-22-11-19(29)5-7-21(22)28(20)12-18(28)13-30/h4-11,15,18,26,34H,12,14H2,1-3H3/t18?,26?,28-/m1/s1. The second-order valence-electron chi connectivity index (χ2n) is 9.78. The zero-order valence-corrected chi connectivity index (χ0v) is 20.2. The minimum absolute atomic E-state index is 0.0574. The van der Waals surface area contributed by atoms with E-state index in [0.29, 0.717) is 35.1 Å². The fourth-order valence-electron chi connectivity index (χ4n) is 5.56. The number of aliphatic hydroxyl groups is 1. The van der Waals surface area contributed by atoms with E-state index in [4.69, 9.17) is 9.47 Å². The van der Waals surface area contributed by atoms with Crippen molar-refractivity contribution in [1.29, 1.82) is 5.26 Å². The number of rotatable bonds is 4. The SMILES string of the molecule is COc1ccn2c(C(O)c3ccc4c(c3)COc3cc(F)ccc3[C@@]43CC3C#N)c(C(C)C)nc2n1. The molecule has 2 aromatic carbocycles. The minimum Gasteiger partial charge on any atom is -0.488 e. The number of benzene rings is 2. The Morgan fingerprint density at radius 1 is 1.19 bits per heavy atom. The molecule has 8 heteroatoms. The Morgan fingerprint density at radius 2 is 2.00 bits per heavy atom. The summed E-state index contributed by atoms with van der Waals surface area (Å²) < 4.78 is 27.1. The molecule has 0 amide bonds. The van der Waals surface area contributed by atoms with Crippen LogP contribution in [-0.2, 0) is 12.0 Å². The van der Waals surface area contributed by atoms with Crippen LogP contribution in [0, 0.1) is 23.1 Å². The fourth-order valence-corrected chi connectivity index (χ4v) is 5.56. The Morgan fingerprint density at radius 3 is 2.72 bits per heavy atom. The number of imidazole rings is 1. The van der Waals surface area contributed by atoms with Gasteiger partial charge in [-0.05, 0) is 41.2 Å². The van der Waals surface area contributed by atoms with Gasteiger partial charge in [-0.2, -0.15) is 10.2 Å². The van der Waals surface area contributed by atoms with Crippen LogP contribution in [0.3, 0.4) is 0 Å². The Kier molecular flexibility index (Phi) is 5.02. The summed E-state index contributed by atoms with van der Waals surface area (Å²) in [7, 11) is 1.55. The molecule has 2 aliphatic rings. The quantitative estimate of drug-likeness (QED) is 0.447. The molecular formula is C28H25FN4O3. The summed E-state index contributed by atoms with van der Waals surface area (Å²) in [6, 6.07) is 14.5. The first-order valence-corrected chi connectivity index (χ1v) is 11.9. The van der Waals surface area contributed by atoms with Gasteiger partial charge in [-0.15, -0.1) is 0 Å². The molecule has 7 nitrogen and oxygen atoms in total. The maximum absolute atomic E-state index is 14.0. The van der Waals surface area contributed by atoms with Crippen LogP contribution < -0.4 is 9.47 Å². The maximum atomic E-state index is 14.0. The van der Waals surface area contributed by atoms with Crippen molar-refractivity contribution in [3.63, 3.8) is 0 Å². The summed E-state index contributed by atoms with van der Waals surface area (Å²) in [4.78, 5) is 9.10. The molecule has 1 spiro atoms. The first-order chi connectivity index (χ1) is 17.4. The normalized spacial score (nSPS) is 20.9. The van der Waals surface area contributed by atoms with Gasteiger partial charge in [0.15, 0.2) is 0 Å². The van der Waals surface area contributed by atoms with Crippen molar-refractivity contribution in [3.05, 3.63) is 88.1 Å². The third kappa shape index (κ3) is 3.20. The van der Waals surface area contributed by atoms with Gasteiger partial charge in [0.2, 0.25) is 11.7 Å². The number of hydrogen-bond donors (Lipinski definition) is 1. The highest BCUT2D eigenvalue weighted by Gasteiger charge is 2.60. The number of halogens is 1. The van der Waals surface area contributed by atoms with Gasteiger partial charge in [-0.1, -0.05) is 32.0 Å². The van der Waals surface area contributed by atoms with Gasteiger partial charge in [0.1, 0.15) is 24.3 Å².